The Balaban J connectivity index is 2.33. The van der Waals surface area contributed by atoms with Gasteiger partial charge in [0.1, 0.15) is 0 Å². The maximum Gasteiger partial charge on any atom is 0.222 e. The third-order valence-corrected chi connectivity index (χ3v) is 3.31. The van der Waals surface area contributed by atoms with Gasteiger partial charge in [0.05, 0.1) is 22.2 Å². The molecule has 16 heavy (non-hydrogen) atoms. The molecule has 0 spiro atoms. The number of hydrogen-bond donors (Lipinski definition) is 2. The van der Waals surface area contributed by atoms with Gasteiger partial charge in [0.25, 0.3) is 0 Å². The third kappa shape index (κ3) is 1.35. The highest BCUT2D eigenvalue weighted by Crippen LogP contribution is 2.30. The molecule has 3 aromatic rings. The highest BCUT2D eigenvalue weighted by Gasteiger charge is 2.11. The summed E-state index contributed by atoms with van der Waals surface area (Å²) in [6.45, 7) is 2.06. The molecule has 5 nitrogen and oxygen atoms in total. The number of thiophene rings is 1. The second-order valence-corrected chi connectivity index (χ2v) is 4.76. The summed E-state index contributed by atoms with van der Waals surface area (Å²) in [6, 6.07) is 4.10. The van der Waals surface area contributed by atoms with Crippen LogP contribution in [0.25, 0.3) is 21.6 Å². The number of nitrogens with two attached hydrogens (primary N) is 1. The Hall–Kier alpha value is -1.95. The summed E-state index contributed by atoms with van der Waals surface area (Å²) in [5.41, 5.74) is 7.18. The molecule has 0 aliphatic carbocycles. The van der Waals surface area contributed by atoms with Crippen LogP contribution < -0.4 is 5.73 Å². The molecule has 3 N–H and O–H groups in total. The monoisotopic (exact) mass is 231 g/mol. The van der Waals surface area contributed by atoms with E-state index in [1.54, 1.807) is 17.5 Å². The number of nitrogens with one attached hydrogen (secondary N) is 1. The van der Waals surface area contributed by atoms with Crippen molar-refractivity contribution in [3.05, 3.63) is 23.2 Å². The Kier molecular flexibility index (Phi) is 1.90. The predicted molar refractivity (Wildman–Crippen MR) is 64.1 cm³/mol. The lowest BCUT2D eigenvalue weighted by molar-refractivity contribution is 1.09. The van der Waals surface area contributed by atoms with Crippen molar-refractivity contribution in [3.63, 3.8) is 0 Å². The van der Waals surface area contributed by atoms with E-state index in [-0.39, 0.29) is 5.95 Å². The lowest BCUT2D eigenvalue weighted by Gasteiger charge is -1.99. The molecule has 0 fully saturated rings. The van der Waals surface area contributed by atoms with Crippen molar-refractivity contribution in [2.75, 3.05) is 5.73 Å². The molecule has 0 aliphatic heterocycles. The SMILES string of the molecule is Cc1ccc(-c2nc(N)nc3[nH]ncc23)s1. The summed E-state index contributed by atoms with van der Waals surface area (Å²) < 4.78 is 0. The Morgan fingerprint density at radius 2 is 2.19 bits per heavy atom. The van der Waals surface area contributed by atoms with Crippen LogP contribution >= 0.6 is 11.3 Å². The standard InChI is InChI=1S/C10H9N5S/c1-5-2-3-7(16-5)8-6-4-12-15-9(6)14-10(11)13-8/h2-4H,1H3,(H3,11,12,13,14,15). The van der Waals surface area contributed by atoms with Gasteiger partial charge in [0, 0.05) is 4.88 Å². The van der Waals surface area contributed by atoms with Gasteiger partial charge in [0.2, 0.25) is 5.95 Å². The average molecular weight is 231 g/mol. The van der Waals surface area contributed by atoms with E-state index < -0.39 is 0 Å². The van der Waals surface area contributed by atoms with Crippen LogP contribution in [0.1, 0.15) is 4.88 Å². The molecular weight excluding hydrogens is 222 g/mol. The van der Waals surface area contributed by atoms with Gasteiger partial charge >= 0.3 is 0 Å². The third-order valence-electron chi connectivity index (χ3n) is 2.30. The Morgan fingerprint density at radius 1 is 1.31 bits per heavy atom. The molecule has 0 aliphatic rings. The highest BCUT2D eigenvalue weighted by atomic mass is 32.1. The van der Waals surface area contributed by atoms with Crippen molar-refractivity contribution < 1.29 is 0 Å². The van der Waals surface area contributed by atoms with Gasteiger partial charge in [-0.15, -0.1) is 11.3 Å². The van der Waals surface area contributed by atoms with Crippen LogP contribution in [0.4, 0.5) is 5.95 Å². The molecule has 0 saturated heterocycles. The first-order valence-electron chi connectivity index (χ1n) is 4.77. The summed E-state index contributed by atoms with van der Waals surface area (Å²) >= 11 is 1.68. The van der Waals surface area contributed by atoms with Crippen molar-refractivity contribution in [3.8, 4) is 10.6 Å². The minimum Gasteiger partial charge on any atom is -0.368 e. The lowest BCUT2D eigenvalue weighted by Crippen LogP contribution is -1.96. The summed E-state index contributed by atoms with van der Waals surface area (Å²) in [5, 5.41) is 7.66. The molecule has 3 rings (SSSR count). The van der Waals surface area contributed by atoms with Crippen LogP contribution in [0.2, 0.25) is 0 Å². The molecule has 6 heteroatoms. The zero-order valence-electron chi connectivity index (χ0n) is 8.56. The molecule has 0 unspecified atom stereocenters. The van der Waals surface area contributed by atoms with Gasteiger partial charge < -0.3 is 5.73 Å². The maximum atomic E-state index is 5.66. The zero-order chi connectivity index (χ0) is 11.1. The van der Waals surface area contributed by atoms with Crippen molar-refractivity contribution in [1.29, 1.82) is 0 Å². The molecule has 3 aromatic heterocycles. The van der Waals surface area contributed by atoms with E-state index in [0.29, 0.717) is 5.65 Å². The number of fused-ring (bicyclic) bond motifs is 1. The Bertz CT molecular complexity index is 654. The summed E-state index contributed by atoms with van der Waals surface area (Å²) in [5.74, 6) is 0.262. The van der Waals surface area contributed by atoms with E-state index in [0.717, 1.165) is 16.0 Å². The fourth-order valence-corrected chi connectivity index (χ4v) is 2.47. The molecule has 0 atom stereocenters. The number of aromatic amines is 1. The van der Waals surface area contributed by atoms with E-state index in [9.17, 15) is 0 Å². The fraction of sp³-hybridized carbons (Fsp3) is 0.100. The number of nitrogens with zero attached hydrogens (tertiary/aromatic N) is 3. The number of rotatable bonds is 1. The fourth-order valence-electron chi connectivity index (χ4n) is 1.60. The number of aryl methyl sites for hydroxylation is 1. The van der Waals surface area contributed by atoms with E-state index in [2.05, 4.69) is 33.2 Å². The summed E-state index contributed by atoms with van der Waals surface area (Å²) in [4.78, 5) is 10.7. The molecule has 0 aromatic carbocycles. The molecule has 0 amide bonds. The number of anilines is 1. The van der Waals surface area contributed by atoms with Crippen LogP contribution in [0.3, 0.4) is 0 Å². The van der Waals surface area contributed by atoms with E-state index in [1.807, 2.05) is 6.07 Å². The number of aromatic nitrogens is 4. The van der Waals surface area contributed by atoms with Crippen LogP contribution in [-0.4, -0.2) is 20.2 Å². The van der Waals surface area contributed by atoms with Crippen LogP contribution in [0, 0.1) is 6.92 Å². The number of H-pyrrole nitrogens is 1. The van der Waals surface area contributed by atoms with E-state index in [1.165, 1.54) is 4.88 Å². The molecule has 80 valence electrons. The predicted octanol–water partition coefficient (Wildman–Crippen LogP) is 1.97. The first-order chi connectivity index (χ1) is 7.74. The summed E-state index contributed by atoms with van der Waals surface area (Å²) in [7, 11) is 0. The second kappa shape index (κ2) is 3.28. The molecule has 0 saturated carbocycles. The maximum absolute atomic E-state index is 5.66. The highest BCUT2D eigenvalue weighted by molar-refractivity contribution is 7.15. The van der Waals surface area contributed by atoms with Crippen LogP contribution in [0.15, 0.2) is 18.3 Å². The van der Waals surface area contributed by atoms with E-state index >= 15 is 0 Å². The Morgan fingerprint density at radius 3 is 2.94 bits per heavy atom. The molecular formula is C10H9N5S. The quantitative estimate of drug-likeness (QED) is 0.671. The number of hydrogen-bond acceptors (Lipinski definition) is 5. The first kappa shape index (κ1) is 9.29. The van der Waals surface area contributed by atoms with Gasteiger partial charge in [-0.3, -0.25) is 5.10 Å². The summed E-state index contributed by atoms with van der Waals surface area (Å²) in [6.07, 6.45) is 1.72. The smallest absolute Gasteiger partial charge is 0.222 e. The molecule has 0 radical (unpaired) electrons. The van der Waals surface area contributed by atoms with Crippen molar-refractivity contribution >= 4 is 28.3 Å². The Labute approximate surface area is 95.4 Å². The normalized spacial score (nSPS) is 11.1. The number of nitrogen functional groups attached to an aromatic ring is 1. The van der Waals surface area contributed by atoms with Crippen molar-refractivity contribution in [2.45, 2.75) is 6.92 Å². The van der Waals surface area contributed by atoms with Gasteiger partial charge in [-0.05, 0) is 19.1 Å². The minimum absolute atomic E-state index is 0.262. The topological polar surface area (TPSA) is 80.5 Å². The molecule has 0 bridgehead atoms. The molecule has 3 heterocycles. The van der Waals surface area contributed by atoms with Crippen LogP contribution in [-0.2, 0) is 0 Å². The van der Waals surface area contributed by atoms with E-state index in [4.69, 9.17) is 5.73 Å². The van der Waals surface area contributed by atoms with Crippen molar-refractivity contribution in [1.82, 2.24) is 20.2 Å². The second-order valence-electron chi connectivity index (χ2n) is 3.47. The zero-order valence-corrected chi connectivity index (χ0v) is 9.38. The largest absolute Gasteiger partial charge is 0.368 e. The lowest BCUT2D eigenvalue weighted by atomic mass is 10.2. The van der Waals surface area contributed by atoms with Gasteiger partial charge in [-0.1, -0.05) is 0 Å². The minimum atomic E-state index is 0.262. The van der Waals surface area contributed by atoms with Gasteiger partial charge in [-0.25, -0.2) is 4.98 Å². The van der Waals surface area contributed by atoms with Gasteiger partial charge in [0.15, 0.2) is 5.65 Å². The van der Waals surface area contributed by atoms with Crippen molar-refractivity contribution in [2.24, 2.45) is 0 Å². The average Bonchev–Trinajstić information content (AvgIpc) is 2.84. The van der Waals surface area contributed by atoms with Crippen LogP contribution in [0.5, 0.6) is 0 Å². The first-order valence-corrected chi connectivity index (χ1v) is 5.59. The van der Waals surface area contributed by atoms with Gasteiger partial charge in [-0.2, -0.15) is 10.1 Å².